The molecule has 1 fully saturated rings. The average molecular weight is 366 g/mol. The zero-order valence-corrected chi connectivity index (χ0v) is 15.4. The van der Waals surface area contributed by atoms with E-state index in [1.165, 1.54) is 30.9 Å². The normalized spacial score (nSPS) is 14.3. The number of hydrogen-bond donors (Lipinski definition) is 1. The van der Waals surface area contributed by atoms with E-state index in [9.17, 15) is 9.90 Å². The van der Waals surface area contributed by atoms with E-state index in [1.807, 2.05) is 13.1 Å². The second-order valence-electron chi connectivity index (χ2n) is 6.96. The molecular weight excluding hydrogens is 344 g/mol. The molecule has 2 aromatic heterocycles. The second-order valence-corrected chi connectivity index (χ2v) is 6.96. The molecule has 1 N–H and O–H groups in total. The van der Waals surface area contributed by atoms with E-state index in [1.54, 1.807) is 24.1 Å². The molecule has 4 rings (SSSR count). The largest absolute Gasteiger partial charge is 0.477 e. The van der Waals surface area contributed by atoms with Gasteiger partial charge < -0.3 is 14.7 Å². The maximum atomic E-state index is 11.3. The number of ether oxygens (including phenoxy) is 1. The number of fused-ring (bicyclic) bond motifs is 1. The first-order valence-electron chi connectivity index (χ1n) is 9.01. The van der Waals surface area contributed by atoms with Crippen LogP contribution in [0, 0.1) is 0 Å². The highest BCUT2D eigenvalue weighted by Gasteiger charge is 2.24. The minimum Gasteiger partial charge on any atom is -0.477 e. The van der Waals surface area contributed by atoms with Crippen molar-refractivity contribution in [3.05, 3.63) is 47.8 Å². The fraction of sp³-hybridized carbons (Fsp3) is 0.350. The van der Waals surface area contributed by atoms with Crippen LogP contribution in [0.2, 0.25) is 0 Å². The predicted molar refractivity (Wildman–Crippen MR) is 103 cm³/mol. The Labute approximate surface area is 157 Å². The van der Waals surface area contributed by atoms with Crippen molar-refractivity contribution in [3.8, 4) is 5.69 Å². The van der Waals surface area contributed by atoms with Crippen LogP contribution in [0.4, 0.5) is 5.69 Å². The van der Waals surface area contributed by atoms with Crippen molar-refractivity contribution in [2.45, 2.75) is 25.2 Å². The monoisotopic (exact) mass is 366 g/mol. The lowest BCUT2D eigenvalue weighted by Crippen LogP contribution is -2.23. The molecule has 0 radical (unpaired) electrons. The second kappa shape index (κ2) is 7.00. The Hall–Kier alpha value is -2.93. The first kappa shape index (κ1) is 17.5. The molecule has 0 saturated heterocycles. The zero-order valence-electron chi connectivity index (χ0n) is 15.4. The molecule has 7 heteroatoms. The third-order valence-corrected chi connectivity index (χ3v) is 5.17. The number of benzene rings is 1. The van der Waals surface area contributed by atoms with E-state index < -0.39 is 5.97 Å². The SMILES string of the molecule is COCN(C)c1ccc(-n2ncc3ccc(C(=O)O)nc32)cc1C1CCC1. The molecule has 3 aromatic rings. The Morgan fingerprint density at radius 3 is 2.81 bits per heavy atom. The number of carboxylic acids is 1. The van der Waals surface area contributed by atoms with Gasteiger partial charge in [0.25, 0.3) is 0 Å². The number of pyridine rings is 1. The van der Waals surface area contributed by atoms with Crippen molar-refractivity contribution in [2.24, 2.45) is 0 Å². The molecule has 7 nitrogen and oxygen atoms in total. The van der Waals surface area contributed by atoms with Crippen LogP contribution >= 0.6 is 0 Å². The summed E-state index contributed by atoms with van der Waals surface area (Å²) in [5, 5.41) is 14.5. The van der Waals surface area contributed by atoms with E-state index in [0.29, 0.717) is 18.3 Å². The van der Waals surface area contributed by atoms with Crippen molar-refractivity contribution in [2.75, 3.05) is 25.8 Å². The van der Waals surface area contributed by atoms with Gasteiger partial charge in [-0.3, -0.25) is 0 Å². The third kappa shape index (κ3) is 3.14. The Bertz CT molecular complexity index is 994. The van der Waals surface area contributed by atoms with Crippen molar-refractivity contribution < 1.29 is 14.6 Å². The summed E-state index contributed by atoms with van der Waals surface area (Å²) in [5.74, 6) is -0.514. The summed E-state index contributed by atoms with van der Waals surface area (Å²) >= 11 is 0. The number of rotatable bonds is 6. The fourth-order valence-electron chi connectivity index (χ4n) is 3.54. The van der Waals surface area contributed by atoms with Crippen LogP contribution < -0.4 is 4.90 Å². The maximum Gasteiger partial charge on any atom is 0.354 e. The van der Waals surface area contributed by atoms with Crippen LogP contribution in [0.15, 0.2) is 36.5 Å². The van der Waals surface area contributed by atoms with Gasteiger partial charge in [-0.2, -0.15) is 5.10 Å². The van der Waals surface area contributed by atoms with Gasteiger partial charge in [0, 0.05) is 25.2 Å². The minimum absolute atomic E-state index is 0.0138. The van der Waals surface area contributed by atoms with E-state index >= 15 is 0 Å². The van der Waals surface area contributed by atoms with Crippen molar-refractivity contribution >= 4 is 22.7 Å². The standard InChI is InChI=1S/C20H22N4O3/c1-23(12-27-2)18-9-7-15(10-16(18)13-4-3-5-13)24-19-14(11-21-24)6-8-17(22-19)20(25)26/h6-11,13H,3-5,12H2,1-2H3,(H,25,26). The molecule has 0 unspecified atom stereocenters. The van der Waals surface area contributed by atoms with Gasteiger partial charge in [0.2, 0.25) is 0 Å². The van der Waals surface area contributed by atoms with Gasteiger partial charge in [0.1, 0.15) is 6.73 Å². The number of hydrogen-bond acceptors (Lipinski definition) is 5. The fourth-order valence-corrected chi connectivity index (χ4v) is 3.54. The molecule has 140 valence electrons. The van der Waals surface area contributed by atoms with Gasteiger partial charge in [-0.25, -0.2) is 14.5 Å². The smallest absolute Gasteiger partial charge is 0.354 e. The summed E-state index contributed by atoms with van der Waals surface area (Å²) in [6, 6.07) is 9.46. The van der Waals surface area contributed by atoms with Crippen molar-refractivity contribution in [1.29, 1.82) is 0 Å². The van der Waals surface area contributed by atoms with E-state index in [2.05, 4.69) is 27.1 Å². The third-order valence-electron chi connectivity index (χ3n) is 5.17. The highest BCUT2D eigenvalue weighted by atomic mass is 16.5. The van der Waals surface area contributed by atoms with E-state index in [0.717, 1.165) is 16.8 Å². The molecular formula is C20H22N4O3. The summed E-state index contributed by atoms with van der Waals surface area (Å²) in [6.07, 6.45) is 5.32. The molecule has 0 atom stereocenters. The molecule has 0 amide bonds. The number of carboxylic acid groups (broad SMARTS) is 1. The highest BCUT2D eigenvalue weighted by Crippen LogP contribution is 2.41. The lowest BCUT2D eigenvalue weighted by Gasteiger charge is -2.31. The summed E-state index contributed by atoms with van der Waals surface area (Å²) in [4.78, 5) is 17.6. The molecule has 1 aliphatic rings. The van der Waals surface area contributed by atoms with Gasteiger partial charge in [-0.1, -0.05) is 6.42 Å². The Balaban J connectivity index is 1.81. The Morgan fingerprint density at radius 1 is 1.33 bits per heavy atom. The Kier molecular flexibility index (Phi) is 4.53. The van der Waals surface area contributed by atoms with Crippen LogP contribution in [0.3, 0.4) is 0 Å². The Morgan fingerprint density at radius 2 is 2.15 bits per heavy atom. The zero-order chi connectivity index (χ0) is 19.0. The van der Waals surface area contributed by atoms with Gasteiger partial charge in [0.05, 0.1) is 11.9 Å². The highest BCUT2D eigenvalue weighted by molar-refractivity contribution is 5.89. The topological polar surface area (TPSA) is 80.5 Å². The van der Waals surface area contributed by atoms with Gasteiger partial charge in [-0.05, 0) is 54.7 Å². The number of aromatic nitrogens is 3. The first-order valence-corrected chi connectivity index (χ1v) is 9.01. The molecule has 0 aliphatic heterocycles. The van der Waals surface area contributed by atoms with Gasteiger partial charge in [-0.15, -0.1) is 0 Å². The lowest BCUT2D eigenvalue weighted by atomic mass is 9.79. The summed E-state index contributed by atoms with van der Waals surface area (Å²) < 4.78 is 7.00. The van der Waals surface area contributed by atoms with Crippen molar-refractivity contribution in [3.63, 3.8) is 0 Å². The van der Waals surface area contributed by atoms with Crippen molar-refractivity contribution in [1.82, 2.24) is 14.8 Å². The van der Waals surface area contributed by atoms with Gasteiger partial charge in [0.15, 0.2) is 11.3 Å². The molecule has 1 aliphatic carbocycles. The van der Waals surface area contributed by atoms with Crippen LogP contribution in [-0.4, -0.2) is 46.7 Å². The number of methoxy groups -OCH3 is 1. The van der Waals surface area contributed by atoms with Crippen LogP contribution in [0.5, 0.6) is 0 Å². The molecule has 2 heterocycles. The average Bonchev–Trinajstić information content (AvgIpc) is 3.03. The van der Waals surface area contributed by atoms with Gasteiger partial charge >= 0.3 is 5.97 Å². The first-order chi connectivity index (χ1) is 13.1. The number of carbonyl (C=O) groups is 1. The molecule has 1 saturated carbocycles. The van der Waals surface area contributed by atoms with E-state index in [-0.39, 0.29) is 5.69 Å². The molecule has 1 aromatic carbocycles. The van der Waals surface area contributed by atoms with Crippen LogP contribution in [0.25, 0.3) is 16.7 Å². The number of aromatic carboxylic acids is 1. The number of anilines is 1. The minimum atomic E-state index is -1.05. The number of nitrogens with zero attached hydrogens (tertiary/aromatic N) is 4. The summed E-state index contributed by atoms with van der Waals surface area (Å²) in [5.41, 5.74) is 3.88. The predicted octanol–water partition coefficient (Wildman–Crippen LogP) is 3.43. The summed E-state index contributed by atoms with van der Waals surface area (Å²) in [6.45, 7) is 0.521. The lowest BCUT2D eigenvalue weighted by molar-refractivity contribution is 0.0691. The molecule has 0 spiro atoms. The molecule has 27 heavy (non-hydrogen) atoms. The van der Waals surface area contributed by atoms with E-state index in [4.69, 9.17) is 4.74 Å². The van der Waals surface area contributed by atoms with Crippen LogP contribution in [0.1, 0.15) is 41.2 Å². The maximum absolute atomic E-state index is 11.3. The summed E-state index contributed by atoms with van der Waals surface area (Å²) in [7, 11) is 3.71. The van der Waals surface area contributed by atoms with Crippen LogP contribution in [-0.2, 0) is 4.74 Å². The molecule has 0 bridgehead atoms. The quantitative estimate of drug-likeness (QED) is 0.673.